The first-order chi connectivity index (χ1) is 6.00. The molecule has 0 saturated heterocycles. The predicted molar refractivity (Wildman–Crippen MR) is 56.0 cm³/mol. The number of nitrogens with zero attached hydrogens (tertiary/aromatic N) is 1. The van der Waals surface area contributed by atoms with Crippen LogP contribution >= 0.6 is 15.9 Å². The average molecular weight is 242 g/mol. The Balaban J connectivity index is 2.66. The molecule has 0 saturated carbocycles. The number of pyridine rings is 1. The van der Waals surface area contributed by atoms with Gasteiger partial charge in [-0.1, -0.05) is 22.0 Å². The number of Topliss-reactive ketones (excluding diaryl/α,β-unsaturated/α-hetero) is 1. The van der Waals surface area contributed by atoms with Crippen molar-refractivity contribution in [3.8, 4) is 0 Å². The molecule has 2 nitrogen and oxygen atoms in total. The molecule has 70 valence electrons. The van der Waals surface area contributed by atoms with Crippen LogP contribution in [-0.4, -0.2) is 15.1 Å². The fourth-order valence-corrected chi connectivity index (χ4v) is 1.02. The molecule has 0 radical (unpaired) electrons. The highest BCUT2D eigenvalue weighted by Gasteiger charge is 2.23. The zero-order chi connectivity index (χ0) is 9.90. The molecule has 0 atom stereocenters. The van der Waals surface area contributed by atoms with E-state index < -0.39 is 4.32 Å². The van der Waals surface area contributed by atoms with Gasteiger partial charge in [-0.3, -0.25) is 9.78 Å². The predicted octanol–water partition coefficient (Wildman–Crippen LogP) is 2.37. The Morgan fingerprint density at radius 2 is 2.23 bits per heavy atom. The largest absolute Gasteiger partial charge is 0.298 e. The molecule has 1 rings (SSSR count). The van der Waals surface area contributed by atoms with Gasteiger partial charge in [-0.25, -0.2) is 0 Å². The maximum Gasteiger partial charge on any atom is 0.154 e. The molecule has 1 aromatic heterocycles. The topological polar surface area (TPSA) is 30.0 Å². The van der Waals surface area contributed by atoms with Gasteiger partial charge in [0.2, 0.25) is 0 Å². The van der Waals surface area contributed by atoms with Gasteiger partial charge in [-0.15, -0.1) is 0 Å². The molecule has 0 aliphatic carbocycles. The molecule has 1 heterocycles. The zero-order valence-electron chi connectivity index (χ0n) is 7.75. The number of carbonyl (C=O) groups is 1. The average Bonchev–Trinajstić information content (AvgIpc) is 2.04. The van der Waals surface area contributed by atoms with Crippen LogP contribution in [0.4, 0.5) is 0 Å². The molecule has 0 amide bonds. The summed E-state index contributed by atoms with van der Waals surface area (Å²) in [5.41, 5.74) is 0.819. The maximum atomic E-state index is 11.5. The Morgan fingerprint density at radius 1 is 1.54 bits per heavy atom. The lowest BCUT2D eigenvalue weighted by Crippen LogP contribution is -2.26. The van der Waals surface area contributed by atoms with Crippen LogP contribution in [0.25, 0.3) is 0 Å². The van der Waals surface area contributed by atoms with Gasteiger partial charge in [0, 0.05) is 11.9 Å². The second-order valence-electron chi connectivity index (χ2n) is 3.39. The first-order valence-corrected chi connectivity index (χ1v) is 4.91. The van der Waals surface area contributed by atoms with E-state index in [0.29, 0.717) is 6.42 Å². The number of alkyl halides is 1. The number of halogens is 1. The van der Waals surface area contributed by atoms with Gasteiger partial charge in [0.05, 0.1) is 10.7 Å². The molecule has 0 aromatic carbocycles. The van der Waals surface area contributed by atoms with E-state index in [1.54, 1.807) is 6.20 Å². The van der Waals surface area contributed by atoms with Gasteiger partial charge < -0.3 is 0 Å². The Bertz CT molecular complexity index is 290. The van der Waals surface area contributed by atoms with Crippen molar-refractivity contribution < 1.29 is 4.79 Å². The highest BCUT2D eigenvalue weighted by molar-refractivity contribution is 9.10. The van der Waals surface area contributed by atoms with Gasteiger partial charge in [-0.2, -0.15) is 0 Å². The smallest absolute Gasteiger partial charge is 0.154 e. The highest BCUT2D eigenvalue weighted by Crippen LogP contribution is 2.18. The first kappa shape index (κ1) is 10.4. The fourth-order valence-electron chi connectivity index (χ4n) is 0.877. The van der Waals surface area contributed by atoms with Crippen LogP contribution < -0.4 is 0 Å². The van der Waals surface area contributed by atoms with Crippen molar-refractivity contribution in [2.24, 2.45) is 0 Å². The second-order valence-corrected chi connectivity index (χ2v) is 5.38. The van der Waals surface area contributed by atoms with Crippen LogP contribution in [0.1, 0.15) is 19.5 Å². The van der Waals surface area contributed by atoms with Crippen LogP contribution in [0.3, 0.4) is 0 Å². The second kappa shape index (κ2) is 4.01. The molecule has 3 heteroatoms. The summed E-state index contributed by atoms with van der Waals surface area (Å²) >= 11 is 3.32. The third kappa shape index (κ3) is 3.27. The number of hydrogen-bond acceptors (Lipinski definition) is 2. The molecular weight excluding hydrogens is 230 g/mol. The molecule has 0 N–H and O–H groups in total. The normalized spacial score (nSPS) is 11.3. The van der Waals surface area contributed by atoms with E-state index in [9.17, 15) is 4.79 Å². The van der Waals surface area contributed by atoms with Crippen molar-refractivity contribution in [3.05, 3.63) is 30.1 Å². The lowest BCUT2D eigenvalue weighted by molar-refractivity contribution is -0.119. The molecule has 0 spiro atoms. The molecule has 0 aliphatic heterocycles. The van der Waals surface area contributed by atoms with Gasteiger partial charge in [-0.05, 0) is 26.0 Å². The standard InChI is InChI=1S/C10H12BrNO/c1-10(2,11)9(13)7-8-5-3-4-6-12-8/h3-6H,7H2,1-2H3. The maximum absolute atomic E-state index is 11.5. The van der Waals surface area contributed by atoms with E-state index >= 15 is 0 Å². The summed E-state index contributed by atoms with van der Waals surface area (Å²) in [6, 6.07) is 5.58. The third-order valence-corrected chi connectivity index (χ3v) is 2.17. The number of rotatable bonds is 3. The minimum Gasteiger partial charge on any atom is -0.298 e. The van der Waals surface area contributed by atoms with Gasteiger partial charge in [0.15, 0.2) is 5.78 Å². The third-order valence-electron chi connectivity index (χ3n) is 1.73. The Hall–Kier alpha value is -0.700. The van der Waals surface area contributed by atoms with Crippen molar-refractivity contribution in [3.63, 3.8) is 0 Å². The minimum atomic E-state index is -0.454. The van der Waals surface area contributed by atoms with Crippen molar-refractivity contribution in [1.82, 2.24) is 4.98 Å². The summed E-state index contributed by atoms with van der Waals surface area (Å²) in [5.74, 6) is 0.145. The van der Waals surface area contributed by atoms with Crippen LogP contribution in [-0.2, 0) is 11.2 Å². The van der Waals surface area contributed by atoms with E-state index in [4.69, 9.17) is 0 Å². The number of carbonyl (C=O) groups excluding carboxylic acids is 1. The van der Waals surface area contributed by atoms with E-state index in [1.165, 1.54) is 0 Å². The molecule has 0 unspecified atom stereocenters. The van der Waals surface area contributed by atoms with Crippen LogP contribution in [0.2, 0.25) is 0 Å². The van der Waals surface area contributed by atoms with Crippen LogP contribution in [0, 0.1) is 0 Å². The van der Waals surface area contributed by atoms with E-state index in [2.05, 4.69) is 20.9 Å². The summed E-state index contributed by atoms with van der Waals surface area (Å²) < 4.78 is -0.454. The number of ketones is 1. The summed E-state index contributed by atoms with van der Waals surface area (Å²) in [5, 5.41) is 0. The summed E-state index contributed by atoms with van der Waals surface area (Å²) in [7, 11) is 0. The Morgan fingerprint density at radius 3 is 2.69 bits per heavy atom. The zero-order valence-corrected chi connectivity index (χ0v) is 9.34. The minimum absolute atomic E-state index is 0.145. The molecular formula is C10H12BrNO. The van der Waals surface area contributed by atoms with Crippen LogP contribution in [0.15, 0.2) is 24.4 Å². The molecule has 0 bridgehead atoms. The van der Waals surface area contributed by atoms with Crippen molar-refractivity contribution >= 4 is 21.7 Å². The van der Waals surface area contributed by atoms with Gasteiger partial charge in [0.1, 0.15) is 0 Å². The monoisotopic (exact) mass is 241 g/mol. The summed E-state index contributed by atoms with van der Waals surface area (Å²) in [6.07, 6.45) is 2.09. The first-order valence-electron chi connectivity index (χ1n) is 4.12. The van der Waals surface area contributed by atoms with Crippen molar-refractivity contribution in [2.45, 2.75) is 24.6 Å². The number of aromatic nitrogens is 1. The number of hydrogen-bond donors (Lipinski definition) is 0. The van der Waals surface area contributed by atoms with E-state index in [-0.39, 0.29) is 5.78 Å². The molecule has 0 aliphatic rings. The highest BCUT2D eigenvalue weighted by atomic mass is 79.9. The molecule has 0 fully saturated rings. The van der Waals surface area contributed by atoms with Crippen molar-refractivity contribution in [1.29, 1.82) is 0 Å². The summed E-state index contributed by atoms with van der Waals surface area (Å²) in [6.45, 7) is 3.69. The Labute approximate surface area is 86.5 Å². The Kier molecular flexibility index (Phi) is 3.20. The van der Waals surface area contributed by atoms with E-state index in [0.717, 1.165) is 5.69 Å². The SMILES string of the molecule is CC(C)(Br)C(=O)Cc1ccccn1. The fraction of sp³-hybridized carbons (Fsp3) is 0.400. The van der Waals surface area contributed by atoms with Gasteiger partial charge in [0.25, 0.3) is 0 Å². The molecule has 13 heavy (non-hydrogen) atoms. The lowest BCUT2D eigenvalue weighted by atomic mass is 10.0. The van der Waals surface area contributed by atoms with Gasteiger partial charge >= 0.3 is 0 Å². The van der Waals surface area contributed by atoms with Crippen LogP contribution in [0.5, 0.6) is 0 Å². The summed E-state index contributed by atoms with van der Waals surface area (Å²) in [4.78, 5) is 15.6. The molecule has 1 aromatic rings. The quantitative estimate of drug-likeness (QED) is 0.761. The van der Waals surface area contributed by atoms with E-state index in [1.807, 2.05) is 32.0 Å². The lowest BCUT2D eigenvalue weighted by Gasteiger charge is -2.13. The van der Waals surface area contributed by atoms with Crippen molar-refractivity contribution in [2.75, 3.05) is 0 Å².